The van der Waals surface area contributed by atoms with Gasteiger partial charge in [-0.15, -0.1) is 12.4 Å². The summed E-state index contributed by atoms with van der Waals surface area (Å²) in [7, 11) is -1.65. The van der Waals surface area contributed by atoms with E-state index in [1.165, 1.54) is 12.8 Å². The zero-order valence-electron chi connectivity index (χ0n) is 18.0. The molecular formula is C22H37ClN2O2S. The van der Waals surface area contributed by atoms with Crippen molar-refractivity contribution in [2.24, 2.45) is 11.3 Å². The second kappa shape index (κ2) is 9.03. The predicted molar refractivity (Wildman–Crippen MR) is 119 cm³/mol. The highest BCUT2D eigenvalue weighted by molar-refractivity contribution is 7.89. The van der Waals surface area contributed by atoms with Crippen LogP contribution in [0.1, 0.15) is 58.4 Å². The number of likely N-dealkylation sites (tertiary alicyclic amines) is 1. The van der Waals surface area contributed by atoms with Crippen molar-refractivity contribution in [3.8, 4) is 0 Å². The number of piperidine rings is 1. The Bertz CT molecular complexity index is 752. The molecule has 160 valence electrons. The maximum Gasteiger partial charge on any atom is 0.243 e. The fourth-order valence-electron chi connectivity index (χ4n) is 4.87. The van der Waals surface area contributed by atoms with Gasteiger partial charge in [-0.25, -0.2) is 8.42 Å². The van der Waals surface area contributed by atoms with Crippen LogP contribution in [0.2, 0.25) is 0 Å². The van der Waals surface area contributed by atoms with Crippen LogP contribution in [0, 0.1) is 18.3 Å². The molecule has 1 aromatic rings. The van der Waals surface area contributed by atoms with E-state index < -0.39 is 10.0 Å². The summed E-state index contributed by atoms with van der Waals surface area (Å²) in [4.78, 5) is 3.04. The Morgan fingerprint density at radius 1 is 1.07 bits per heavy atom. The number of sulfonamides is 1. The van der Waals surface area contributed by atoms with Crippen molar-refractivity contribution in [1.82, 2.24) is 9.21 Å². The molecule has 1 aromatic carbocycles. The molecule has 6 heteroatoms. The zero-order valence-corrected chi connectivity index (χ0v) is 19.7. The van der Waals surface area contributed by atoms with Crippen molar-refractivity contribution < 1.29 is 8.42 Å². The molecule has 0 unspecified atom stereocenters. The topological polar surface area (TPSA) is 40.6 Å². The van der Waals surface area contributed by atoms with Gasteiger partial charge in [-0.2, -0.15) is 4.31 Å². The van der Waals surface area contributed by atoms with Crippen LogP contribution in [0.15, 0.2) is 29.2 Å². The zero-order chi connectivity index (χ0) is 19.8. The lowest BCUT2D eigenvalue weighted by Crippen LogP contribution is -2.44. The van der Waals surface area contributed by atoms with E-state index in [0.29, 0.717) is 16.4 Å². The van der Waals surface area contributed by atoms with Crippen LogP contribution in [-0.4, -0.2) is 49.8 Å². The van der Waals surface area contributed by atoms with E-state index in [1.807, 2.05) is 19.1 Å². The van der Waals surface area contributed by atoms with Gasteiger partial charge in [-0.05, 0) is 81.1 Å². The fourth-order valence-corrected chi connectivity index (χ4v) is 6.37. The van der Waals surface area contributed by atoms with E-state index in [9.17, 15) is 8.42 Å². The molecule has 1 heterocycles. The summed E-state index contributed by atoms with van der Waals surface area (Å²) in [5, 5.41) is 0. The van der Waals surface area contributed by atoms with Crippen molar-refractivity contribution >= 4 is 22.4 Å². The summed E-state index contributed by atoms with van der Waals surface area (Å²) in [6.07, 6.45) is 5.57. The minimum atomic E-state index is -3.41. The first kappa shape index (κ1) is 23.7. The minimum absolute atomic E-state index is 0. The molecule has 4 nitrogen and oxygen atoms in total. The fraction of sp³-hybridized carbons (Fsp3) is 0.727. The Balaban J connectivity index is 0.00000280. The molecule has 0 aromatic heterocycles. The van der Waals surface area contributed by atoms with Gasteiger partial charge < -0.3 is 4.90 Å². The molecule has 2 fully saturated rings. The molecule has 1 saturated heterocycles. The third-order valence-corrected chi connectivity index (χ3v) is 8.73. The minimum Gasteiger partial charge on any atom is -0.300 e. The maximum absolute atomic E-state index is 13.0. The second-order valence-electron chi connectivity index (χ2n) is 9.63. The van der Waals surface area contributed by atoms with Gasteiger partial charge >= 0.3 is 0 Å². The number of aryl methyl sites for hydroxylation is 1. The molecule has 2 atom stereocenters. The maximum atomic E-state index is 13.0. The van der Waals surface area contributed by atoms with Crippen LogP contribution in [0.4, 0.5) is 0 Å². The highest BCUT2D eigenvalue weighted by Crippen LogP contribution is 2.37. The van der Waals surface area contributed by atoms with Gasteiger partial charge in [0.2, 0.25) is 10.0 Å². The van der Waals surface area contributed by atoms with Crippen molar-refractivity contribution in [3.05, 3.63) is 29.8 Å². The summed E-state index contributed by atoms with van der Waals surface area (Å²) in [5.74, 6) is 0.801. The number of rotatable bonds is 4. The number of hydrogen-bond acceptors (Lipinski definition) is 3. The van der Waals surface area contributed by atoms with Crippen molar-refractivity contribution in [3.63, 3.8) is 0 Å². The number of nitrogens with zero attached hydrogens (tertiary/aromatic N) is 2. The summed E-state index contributed by atoms with van der Waals surface area (Å²) >= 11 is 0. The molecular weight excluding hydrogens is 392 g/mol. The van der Waals surface area contributed by atoms with Crippen molar-refractivity contribution in [2.75, 3.05) is 20.1 Å². The van der Waals surface area contributed by atoms with E-state index in [1.54, 1.807) is 23.5 Å². The van der Waals surface area contributed by atoms with E-state index in [4.69, 9.17) is 0 Å². The number of halogens is 1. The normalized spacial score (nSPS) is 25.1. The third-order valence-electron chi connectivity index (χ3n) is 6.83. The monoisotopic (exact) mass is 428 g/mol. The summed E-state index contributed by atoms with van der Waals surface area (Å²) in [6.45, 7) is 11.3. The van der Waals surface area contributed by atoms with Gasteiger partial charge in [0.05, 0.1) is 4.90 Å². The molecule has 1 saturated carbocycles. The second-order valence-corrected chi connectivity index (χ2v) is 11.6. The standard InChI is InChI=1S/C22H36N2O2S.ClH/c1-17-7-6-8-21(15-17)27(25,26)23(5)19-9-10-20(16-19)24-13-11-18(12-14-24)22(2,3)4;/h6-8,15,18-20H,9-14,16H2,1-5H3;1H/t19-,20+;/m1./s1. The molecule has 0 amide bonds. The molecule has 0 radical (unpaired) electrons. The Labute approximate surface area is 178 Å². The van der Waals surface area contributed by atoms with E-state index in [0.717, 1.165) is 43.8 Å². The van der Waals surface area contributed by atoms with Gasteiger partial charge in [0.15, 0.2) is 0 Å². The van der Waals surface area contributed by atoms with Gasteiger partial charge in [0, 0.05) is 19.1 Å². The third kappa shape index (κ3) is 5.10. The van der Waals surface area contributed by atoms with Crippen molar-refractivity contribution in [2.45, 2.75) is 76.8 Å². The first-order valence-corrected chi connectivity index (χ1v) is 11.8. The average molecular weight is 429 g/mol. The molecule has 0 bridgehead atoms. The molecule has 1 aliphatic heterocycles. The Hall–Kier alpha value is -0.620. The van der Waals surface area contributed by atoms with E-state index >= 15 is 0 Å². The molecule has 0 spiro atoms. The lowest BCUT2D eigenvalue weighted by Gasteiger charge is -2.41. The van der Waals surface area contributed by atoms with Gasteiger partial charge in [-0.1, -0.05) is 32.9 Å². The molecule has 1 aliphatic carbocycles. The Morgan fingerprint density at radius 3 is 2.29 bits per heavy atom. The van der Waals surface area contributed by atoms with Crippen LogP contribution >= 0.6 is 12.4 Å². The van der Waals surface area contributed by atoms with Crippen LogP contribution in [0.5, 0.6) is 0 Å². The highest BCUT2D eigenvalue weighted by atomic mass is 35.5. The quantitative estimate of drug-likeness (QED) is 0.696. The summed E-state index contributed by atoms with van der Waals surface area (Å²) in [6, 6.07) is 7.89. The molecule has 2 aliphatic rings. The molecule has 0 N–H and O–H groups in total. The number of hydrogen-bond donors (Lipinski definition) is 0. The Morgan fingerprint density at radius 2 is 1.71 bits per heavy atom. The number of benzene rings is 1. The highest BCUT2D eigenvalue weighted by Gasteiger charge is 2.38. The van der Waals surface area contributed by atoms with E-state index in [-0.39, 0.29) is 18.4 Å². The van der Waals surface area contributed by atoms with Crippen molar-refractivity contribution in [1.29, 1.82) is 0 Å². The first-order valence-electron chi connectivity index (χ1n) is 10.4. The largest absolute Gasteiger partial charge is 0.300 e. The van der Waals surface area contributed by atoms with Crippen LogP contribution in [-0.2, 0) is 10.0 Å². The first-order chi connectivity index (χ1) is 12.6. The predicted octanol–water partition coefficient (Wildman–Crippen LogP) is 4.72. The lowest BCUT2D eigenvalue weighted by atomic mass is 9.75. The van der Waals surface area contributed by atoms with Gasteiger partial charge in [0.1, 0.15) is 0 Å². The van der Waals surface area contributed by atoms with Gasteiger partial charge in [-0.3, -0.25) is 0 Å². The molecule has 3 rings (SSSR count). The van der Waals surface area contributed by atoms with Crippen LogP contribution in [0.3, 0.4) is 0 Å². The average Bonchev–Trinajstić information content (AvgIpc) is 3.10. The summed E-state index contributed by atoms with van der Waals surface area (Å²) in [5.41, 5.74) is 1.38. The lowest BCUT2D eigenvalue weighted by molar-refractivity contribution is 0.0827. The SMILES string of the molecule is Cc1cccc(S(=O)(=O)N(C)[C@@H]2CC[C@H](N3CCC(C(C)(C)C)CC3)C2)c1.Cl. The smallest absolute Gasteiger partial charge is 0.243 e. The van der Waals surface area contributed by atoms with Crippen LogP contribution < -0.4 is 0 Å². The van der Waals surface area contributed by atoms with Crippen LogP contribution in [0.25, 0.3) is 0 Å². The van der Waals surface area contributed by atoms with Gasteiger partial charge in [0.25, 0.3) is 0 Å². The Kier molecular flexibility index (Phi) is 7.63. The summed E-state index contributed by atoms with van der Waals surface area (Å²) < 4.78 is 27.7. The molecule has 28 heavy (non-hydrogen) atoms. The van der Waals surface area contributed by atoms with E-state index in [2.05, 4.69) is 25.7 Å².